The number of carbonyl (C=O) groups excluding carboxylic acids is 1. The van der Waals surface area contributed by atoms with Gasteiger partial charge in [-0.25, -0.2) is 9.18 Å². The van der Waals surface area contributed by atoms with Crippen molar-refractivity contribution in [3.8, 4) is 0 Å². The highest BCUT2D eigenvalue weighted by Gasteiger charge is 2.23. The third kappa shape index (κ3) is 4.38. The number of nitrogens with one attached hydrogen (secondary N) is 1. The van der Waals surface area contributed by atoms with Crippen LogP contribution in [0.4, 0.5) is 14.9 Å². The van der Waals surface area contributed by atoms with E-state index in [2.05, 4.69) is 10.2 Å². The van der Waals surface area contributed by atoms with Crippen molar-refractivity contribution in [3.63, 3.8) is 0 Å². The van der Waals surface area contributed by atoms with Crippen molar-refractivity contribution < 1.29 is 14.3 Å². The van der Waals surface area contributed by atoms with Crippen LogP contribution < -0.4 is 10.2 Å². The predicted molar refractivity (Wildman–Crippen MR) is 93.7 cm³/mol. The van der Waals surface area contributed by atoms with E-state index < -0.39 is 0 Å². The first-order chi connectivity index (χ1) is 11.5. The van der Waals surface area contributed by atoms with Crippen LogP contribution in [0.1, 0.15) is 45.2 Å². The molecule has 1 heterocycles. The first-order valence-corrected chi connectivity index (χ1v) is 8.74. The van der Waals surface area contributed by atoms with Gasteiger partial charge in [-0.15, -0.1) is 0 Å². The maximum Gasteiger partial charge on any atom is 0.317 e. The number of benzene rings is 1. The van der Waals surface area contributed by atoms with Crippen LogP contribution >= 0.6 is 0 Å². The molecule has 1 aromatic rings. The van der Waals surface area contributed by atoms with Gasteiger partial charge >= 0.3 is 6.03 Å². The molecule has 1 aliphatic rings. The summed E-state index contributed by atoms with van der Waals surface area (Å²) in [6, 6.07) is 4.27. The first-order valence-electron chi connectivity index (χ1n) is 8.74. The van der Waals surface area contributed by atoms with Crippen molar-refractivity contribution in [2.24, 2.45) is 0 Å². The molecule has 1 saturated heterocycles. The molecule has 0 radical (unpaired) electrons. The van der Waals surface area contributed by atoms with E-state index in [0.29, 0.717) is 25.9 Å². The minimum absolute atomic E-state index is 0.142. The molecule has 0 spiro atoms. The van der Waals surface area contributed by atoms with Crippen molar-refractivity contribution in [1.29, 1.82) is 0 Å². The van der Waals surface area contributed by atoms with Gasteiger partial charge < -0.3 is 20.2 Å². The molecule has 1 aliphatic heterocycles. The monoisotopic (exact) mass is 337 g/mol. The van der Waals surface area contributed by atoms with Crippen molar-refractivity contribution >= 4 is 11.7 Å². The molecule has 1 atom stereocenters. The van der Waals surface area contributed by atoms with Gasteiger partial charge in [-0.3, -0.25) is 0 Å². The summed E-state index contributed by atoms with van der Waals surface area (Å²) in [5, 5.41) is 12.6. The molecule has 0 aromatic heterocycles. The zero-order valence-electron chi connectivity index (χ0n) is 14.8. The van der Waals surface area contributed by atoms with E-state index in [0.717, 1.165) is 24.3 Å². The number of piperidine rings is 1. The Morgan fingerprint density at radius 2 is 2.00 bits per heavy atom. The van der Waals surface area contributed by atoms with Crippen LogP contribution in [0.25, 0.3) is 0 Å². The molecule has 0 saturated carbocycles. The molecular formula is C18H28FN3O2. The summed E-state index contributed by atoms with van der Waals surface area (Å²) in [5.74, 6) is -0.310. The zero-order valence-corrected chi connectivity index (χ0v) is 14.8. The Labute approximate surface area is 143 Å². The summed E-state index contributed by atoms with van der Waals surface area (Å²) in [4.78, 5) is 16.1. The Morgan fingerprint density at radius 1 is 1.38 bits per heavy atom. The number of carbonyl (C=O) groups is 1. The van der Waals surface area contributed by atoms with Gasteiger partial charge in [-0.05, 0) is 51.8 Å². The molecule has 5 nitrogen and oxygen atoms in total. The summed E-state index contributed by atoms with van der Waals surface area (Å²) in [7, 11) is 0. The highest BCUT2D eigenvalue weighted by molar-refractivity contribution is 5.75. The number of hydrogen-bond acceptors (Lipinski definition) is 3. The van der Waals surface area contributed by atoms with Crippen LogP contribution in [-0.2, 0) is 0 Å². The average Bonchev–Trinajstić information content (AvgIpc) is 2.56. The minimum Gasteiger partial charge on any atom is -0.393 e. The van der Waals surface area contributed by atoms with Gasteiger partial charge in [-0.1, -0.05) is 0 Å². The number of amides is 2. The quantitative estimate of drug-likeness (QED) is 0.869. The van der Waals surface area contributed by atoms with E-state index in [1.165, 1.54) is 12.1 Å². The lowest BCUT2D eigenvalue weighted by Gasteiger charge is -2.34. The highest BCUT2D eigenvalue weighted by Crippen LogP contribution is 2.29. The molecule has 1 fully saturated rings. The predicted octanol–water partition coefficient (Wildman–Crippen LogP) is 2.90. The number of halogens is 1. The maximum absolute atomic E-state index is 13.8. The Kier molecular flexibility index (Phi) is 6.43. The second kappa shape index (κ2) is 8.33. The molecule has 2 N–H and O–H groups in total. The number of aliphatic hydroxyl groups is 1. The number of aliphatic hydroxyl groups excluding tert-OH is 1. The van der Waals surface area contributed by atoms with Crippen molar-refractivity contribution in [1.82, 2.24) is 10.2 Å². The Bertz CT molecular complexity index is 555. The van der Waals surface area contributed by atoms with Crippen LogP contribution in [0.2, 0.25) is 0 Å². The second-order valence-electron chi connectivity index (χ2n) is 6.26. The second-order valence-corrected chi connectivity index (χ2v) is 6.26. The third-order valence-electron chi connectivity index (χ3n) is 4.65. The summed E-state index contributed by atoms with van der Waals surface area (Å²) in [5.41, 5.74) is 1.70. The molecule has 0 aliphatic carbocycles. The lowest BCUT2D eigenvalue weighted by atomic mass is 10.0. The fourth-order valence-electron chi connectivity index (χ4n) is 3.13. The number of nitrogens with zero attached hydrogens (tertiary/aromatic N) is 2. The lowest BCUT2D eigenvalue weighted by molar-refractivity contribution is 0.145. The molecule has 134 valence electrons. The fourth-order valence-corrected chi connectivity index (χ4v) is 3.13. The van der Waals surface area contributed by atoms with Crippen LogP contribution in [0, 0.1) is 5.82 Å². The van der Waals surface area contributed by atoms with Crippen LogP contribution in [-0.4, -0.2) is 48.3 Å². The zero-order chi connectivity index (χ0) is 17.7. The van der Waals surface area contributed by atoms with Gasteiger partial charge in [0.2, 0.25) is 0 Å². The number of urea groups is 1. The highest BCUT2D eigenvalue weighted by atomic mass is 19.1. The van der Waals surface area contributed by atoms with E-state index in [-0.39, 0.29) is 24.0 Å². The molecule has 6 heteroatoms. The van der Waals surface area contributed by atoms with Crippen LogP contribution in [0.3, 0.4) is 0 Å². The van der Waals surface area contributed by atoms with Gasteiger partial charge in [0.05, 0.1) is 12.1 Å². The summed E-state index contributed by atoms with van der Waals surface area (Å²) >= 11 is 0. The lowest BCUT2D eigenvalue weighted by Crippen LogP contribution is -2.41. The Balaban J connectivity index is 2.18. The van der Waals surface area contributed by atoms with Crippen molar-refractivity contribution in [2.75, 3.05) is 31.1 Å². The molecule has 1 aromatic carbocycles. The van der Waals surface area contributed by atoms with Crippen LogP contribution in [0.15, 0.2) is 18.2 Å². The van der Waals surface area contributed by atoms with E-state index >= 15 is 0 Å². The van der Waals surface area contributed by atoms with Gasteiger partial charge in [0.15, 0.2) is 0 Å². The van der Waals surface area contributed by atoms with E-state index in [4.69, 9.17) is 0 Å². The first kappa shape index (κ1) is 18.5. The SMILES string of the molecule is CCN(CC)C(=O)N[C@@H](C)c1cc(F)ccc1N1CCC(O)CC1. The molecule has 0 unspecified atom stereocenters. The fraction of sp³-hybridized carbons (Fsp3) is 0.611. The average molecular weight is 337 g/mol. The normalized spacial score (nSPS) is 16.8. The van der Waals surface area contributed by atoms with Crippen LogP contribution in [0.5, 0.6) is 0 Å². The Morgan fingerprint density at radius 3 is 2.58 bits per heavy atom. The van der Waals surface area contributed by atoms with Gasteiger partial charge in [-0.2, -0.15) is 0 Å². The van der Waals surface area contributed by atoms with Crippen molar-refractivity contribution in [3.05, 3.63) is 29.6 Å². The van der Waals surface area contributed by atoms with Gasteiger partial charge in [0, 0.05) is 37.4 Å². The molecule has 2 amide bonds. The molecule has 24 heavy (non-hydrogen) atoms. The van der Waals surface area contributed by atoms with Crippen molar-refractivity contribution in [2.45, 2.75) is 45.8 Å². The number of anilines is 1. The Hall–Kier alpha value is -1.82. The van der Waals surface area contributed by atoms with E-state index in [9.17, 15) is 14.3 Å². The largest absolute Gasteiger partial charge is 0.393 e. The summed E-state index contributed by atoms with van der Waals surface area (Å²) < 4.78 is 13.8. The molecule has 0 bridgehead atoms. The maximum atomic E-state index is 13.8. The molecular weight excluding hydrogens is 309 g/mol. The standard InChI is InChI=1S/C18H28FN3O2/c1-4-21(5-2)18(24)20-13(3)16-12-14(19)6-7-17(16)22-10-8-15(23)9-11-22/h6-7,12-13,15,23H,4-5,8-11H2,1-3H3,(H,20,24)/t13-/m0/s1. The molecule has 2 rings (SSSR count). The third-order valence-corrected chi connectivity index (χ3v) is 4.65. The summed E-state index contributed by atoms with van der Waals surface area (Å²) in [6.45, 7) is 8.47. The smallest absolute Gasteiger partial charge is 0.317 e. The van der Waals surface area contributed by atoms with Gasteiger partial charge in [0.1, 0.15) is 5.82 Å². The topological polar surface area (TPSA) is 55.8 Å². The minimum atomic E-state index is -0.310. The number of hydrogen-bond donors (Lipinski definition) is 2. The van der Waals surface area contributed by atoms with E-state index in [1.807, 2.05) is 20.8 Å². The summed E-state index contributed by atoms with van der Waals surface area (Å²) in [6.07, 6.45) is 1.15. The number of rotatable bonds is 5. The van der Waals surface area contributed by atoms with Gasteiger partial charge in [0.25, 0.3) is 0 Å². The van der Waals surface area contributed by atoms with E-state index in [1.54, 1.807) is 11.0 Å².